The van der Waals surface area contributed by atoms with Gasteiger partial charge in [-0.25, -0.2) is 4.79 Å². The first-order valence-electron chi connectivity index (χ1n) is 10.1. The largest absolute Gasteiger partial charge is 0.457 e. The zero-order chi connectivity index (χ0) is 21.6. The molecule has 0 spiro atoms. The van der Waals surface area contributed by atoms with Crippen LogP contribution in [0.5, 0.6) is 0 Å². The van der Waals surface area contributed by atoms with Gasteiger partial charge >= 0.3 is 5.97 Å². The van der Waals surface area contributed by atoms with Crippen LogP contribution in [0.3, 0.4) is 0 Å². The molecule has 1 aliphatic rings. The molecule has 1 saturated heterocycles. The third-order valence-electron chi connectivity index (χ3n) is 5.12. The summed E-state index contributed by atoms with van der Waals surface area (Å²) in [6.07, 6.45) is 5.59. The van der Waals surface area contributed by atoms with Crippen LogP contribution in [0, 0.1) is 0 Å². The Bertz CT molecular complexity index is 1070. The molecule has 2 aromatic carbocycles. The van der Waals surface area contributed by atoms with E-state index in [4.69, 9.17) is 4.74 Å². The molecule has 7 heteroatoms. The Morgan fingerprint density at radius 1 is 1.06 bits per heavy atom. The fourth-order valence-electron chi connectivity index (χ4n) is 3.53. The molecular weight excluding hydrogens is 458 g/mol. The Hall–Kier alpha value is -3.19. The molecule has 0 bridgehead atoms. The number of amides is 1. The predicted octanol–water partition coefficient (Wildman–Crippen LogP) is 5.05. The number of hydrogen-bond donors (Lipinski definition) is 1. The van der Waals surface area contributed by atoms with Crippen molar-refractivity contribution in [3.63, 3.8) is 0 Å². The Morgan fingerprint density at radius 2 is 1.84 bits per heavy atom. The highest BCUT2D eigenvalue weighted by atomic mass is 79.9. The molecule has 4 rings (SSSR count). The van der Waals surface area contributed by atoms with E-state index in [2.05, 4.69) is 31.1 Å². The van der Waals surface area contributed by atoms with Crippen LogP contribution >= 0.6 is 15.9 Å². The van der Waals surface area contributed by atoms with Gasteiger partial charge in [0.1, 0.15) is 6.61 Å². The van der Waals surface area contributed by atoms with Gasteiger partial charge in [-0.2, -0.15) is 0 Å². The number of aromatic nitrogens is 1. The van der Waals surface area contributed by atoms with Crippen LogP contribution in [-0.2, 0) is 11.3 Å². The first-order valence-corrected chi connectivity index (χ1v) is 10.9. The predicted molar refractivity (Wildman–Crippen MR) is 123 cm³/mol. The molecule has 0 unspecified atom stereocenters. The first-order chi connectivity index (χ1) is 15.1. The summed E-state index contributed by atoms with van der Waals surface area (Å²) in [5.74, 6) is -0.611. The van der Waals surface area contributed by atoms with Crippen molar-refractivity contribution in [3.8, 4) is 0 Å². The molecule has 1 fully saturated rings. The maximum Gasteiger partial charge on any atom is 0.338 e. The molecular formula is C24H22BrN3O3. The van der Waals surface area contributed by atoms with Crippen LogP contribution in [0.1, 0.15) is 39.1 Å². The lowest BCUT2D eigenvalue weighted by atomic mass is 10.1. The van der Waals surface area contributed by atoms with E-state index in [9.17, 15) is 9.59 Å². The Kier molecular flexibility index (Phi) is 6.62. The molecule has 1 amide bonds. The monoisotopic (exact) mass is 479 g/mol. The van der Waals surface area contributed by atoms with Gasteiger partial charge in [0, 0.05) is 46.9 Å². The molecule has 2 heterocycles. The van der Waals surface area contributed by atoms with Crippen LogP contribution in [0.4, 0.5) is 11.4 Å². The van der Waals surface area contributed by atoms with E-state index in [0.717, 1.165) is 41.7 Å². The molecule has 1 N–H and O–H groups in total. The summed E-state index contributed by atoms with van der Waals surface area (Å²) >= 11 is 3.46. The molecule has 3 aromatic rings. The average Bonchev–Trinajstić information content (AvgIpc) is 3.33. The summed E-state index contributed by atoms with van der Waals surface area (Å²) in [5.41, 5.74) is 3.41. The van der Waals surface area contributed by atoms with E-state index in [1.54, 1.807) is 42.7 Å². The lowest BCUT2D eigenvalue weighted by molar-refractivity contribution is 0.0472. The zero-order valence-electron chi connectivity index (χ0n) is 16.9. The molecule has 0 saturated carbocycles. The molecule has 6 nitrogen and oxygen atoms in total. The maximum absolute atomic E-state index is 13.0. The van der Waals surface area contributed by atoms with E-state index >= 15 is 0 Å². The number of nitrogens with zero attached hydrogens (tertiary/aromatic N) is 2. The summed E-state index contributed by atoms with van der Waals surface area (Å²) < 4.78 is 6.17. The second-order valence-electron chi connectivity index (χ2n) is 7.32. The minimum atomic E-state index is -0.426. The normalized spacial score (nSPS) is 13.1. The summed E-state index contributed by atoms with van der Waals surface area (Å²) in [4.78, 5) is 31.5. The average molecular weight is 480 g/mol. The number of ether oxygens (including phenoxy) is 1. The van der Waals surface area contributed by atoms with Crippen LogP contribution < -0.4 is 10.2 Å². The van der Waals surface area contributed by atoms with Gasteiger partial charge in [0.15, 0.2) is 0 Å². The fraction of sp³-hybridized carbons (Fsp3) is 0.208. The quantitative estimate of drug-likeness (QED) is 0.500. The van der Waals surface area contributed by atoms with Crippen molar-refractivity contribution in [2.24, 2.45) is 0 Å². The third kappa shape index (κ3) is 5.30. The minimum Gasteiger partial charge on any atom is -0.457 e. The first kappa shape index (κ1) is 21.1. The highest BCUT2D eigenvalue weighted by molar-refractivity contribution is 9.10. The van der Waals surface area contributed by atoms with Gasteiger partial charge in [0.25, 0.3) is 5.91 Å². The molecule has 1 aliphatic heterocycles. The van der Waals surface area contributed by atoms with Gasteiger partial charge in [0.05, 0.1) is 11.1 Å². The highest BCUT2D eigenvalue weighted by Crippen LogP contribution is 2.28. The van der Waals surface area contributed by atoms with Crippen molar-refractivity contribution in [1.82, 2.24) is 4.98 Å². The van der Waals surface area contributed by atoms with Gasteiger partial charge in [-0.15, -0.1) is 0 Å². The number of halogens is 1. The molecule has 1 aromatic heterocycles. The number of pyridine rings is 1. The van der Waals surface area contributed by atoms with E-state index < -0.39 is 5.97 Å². The van der Waals surface area contributed by atoms with E-state index in [1.165, 1.54) is 0 Å². The number of esters is 1. The fourth-order valence-corrected chi connectivity index (χ4v) is 3.89. The second-order valence-corrected chi connectivity index (χ2v) is 8.24. The molecule has 0 aliphatic carbocycles. The number of benzene rings is 2. The lowest BCUT2D eigenvalue weighted by Gasteiger charge is -2.21. The highest BCUT2D eigenvalue weighted by Gasteiger charge is 2.20. The van der Waals surface area contributed by atoms with Crippen molar-refractivity contribution in [2.75, 3.05) is 23.3 Å². The van der Waals surface area contributed by atoms with Crippen molar-refractivity contribution in [1.29, 1.82) is 0 Å². The molecule has 31 heavy (non-hydrogen) atoms. The summed E-state index contributed by atoms with van der Waals surface area (Å²) in [7, 11) is 0. The van der Waals surface area contributed by atoms with Gasteiger partial charge in [0.2, 0.25) is 0 Å². The lowest BCUT2D eigenvalue weighted by Crippen LogP contribution is -2.23. The SMILES string of the molecule is O=C(OCc1cccnc1)c1ccc(NC(=O)c2cc(Br)ccc2N2CCCC2)cc1. The number of rotatable bonds is 6. The summed E-state index contributed by atoms with van der Waals surface area (Å²) in [5, 5.41) is 2.93. The van der Waals surface area contributed by atoms with Crippen molar-refractivity contribution in [2.45, 2.75) is 19.4 Å². The van der Waals surface area contributed by atoms with Gasteiger partial charge in [-0.3, -0.25) is 9.78 Å². The standard InChI is InChI=1S/C24H22BrN3O3/c25-19-7-10-22(28-12-1-2-13-28)21(14-19)23(29)27-20-8-5-18(6-9-20)24(30)31-16-17-4-3-11-26-15-17/h3-11,14-15H,1-2,12-13,16H2,(H,27,29). The third-order valence-corrected chi connectivity index (χ3v) is 5.61. The van der Waals surface area contributed by atoms with E-state index in [1.807, 2.05) is 24.3 Å². The van der Waals surface area contributed by atoms with Crippen molar-refractivity contribution in [3.05, 3.63) is 88.2 Å². The van der Waals surface area contributed by atoms with E-state index in [0.29, 0.717) is 16.8 Å². The van der Waals surface area contributed by atoms with Crippen LogP contribution in [0.2, 0.25) is 0 Å². The van der Waals surface area contributed by atoms with Gasteiger partial charge in [-0.1, -0.05) is 22.0 Å². The topological polar surface area (TPSA) is 71.5 Å². The van der Waals surface area contributed by atoms with Crippen molar-refractivity contribution >= 4 is 39.2 Å². The summed E-state index contributed by atoms with van der Waals surface area (Å²) in [6.45, 7) is 2.07. The zero-order valence-corrected chi connectivity index (χ0v) is 18.5. The van der Waals surface area contributed by atoms with Gasteiger partial charge < -0.3 is 15.0 Å². The number of carbonyl (C=O) groups excluding carboxylic acids is 2. The van der Waals surface area contributed by atoms with Gasteiger partial charge in [-0.05, 0) is 61.4 Å². The number of anilines is 2. The second kappa shape index (κ2) is 9.75. The minimum absolute atomic E-state index is 0.160. The molecule has 0 radical (unpaired) electrons. The number of nitrogens with one attached hydrogen (secondary N) is 1. The number of carbonyl (C=O) groups is 2. The summed E-state index contributed by atoms with van der Waals surface area (Å²) in [6, 6.07) is 16.1. The Morgan fingerprint density at radius 3 is 2.55 bits per heavy atom. The number of hydrogen-bond acceptors (Lipinski definition) is 5. The smallest absolute Gasteiger partial charge is 0.338 e. The van der Waals surface area contributed by atoms with Crippen LogP contribution in [-0.4, -0.2) is 29.9 Å². The van der Waals surface area contributed by atoms with Crippen molar-refractivity contribution < 1.29 is 14.3 Å². The van der Waals surface area contributed by atoms with Crippen LogP contribution in [0.15, 0.2) is 71.5 Å². The maximum atomic E-state index is 13.0. The van der Waals surface area contributed by atoms with E-state index in [-0.39, 0.29) is 12.5 Å². The Balaban J connectivity index is 1.41. The molecule has 158 valence electrons. The Labute approximate surface area is 189 Å². The van der Waals surface area contributed by atoms with Crippen LogP contribution in [0.25, 0.3) is 0 Å². The molecule has 0 atom stereocenters.